The van der Waals surface area contributed by atoms with Crippen LogP contribution in [-0.4, -0.2) is 29.7 Å². The highest BCUT2D eigenvalue weighted by atomic mass is 16.6. The third-order valence-electron chi connectivity index (χ3n) is 5.20. The second-order valence-electron chi connectivity index (χ2n) is 6.97. The van der Waals surface area contributed by atoms with Crippen molar-refractivity contribution < 1.29 is 19.2 Å². The lowest BCUT2D eigenvalue weighted by Crippen LogP contribution is -2.61. The van der Waals surface area contributed by atoms with E-state index in [-0.39, 0.29) is 41.6 Å². The average molecular weight is 319 g/mol. The molecule has 1 saturated carbocycles. The minimum Gasteiger partial charge on any atom is -0.461 e. The van der Waals surface area contributed by atoms with Gasteiger partial charge in [-0.25, -0.2) is 0 Å². The van der Waals surface area contributed by atoms with Crippen LogP contribution < -0.4 is 0 Å². The number of rotatable bonds is 4. The van der Waals surface area contributed by atoms with E-state index in [9.17, 15) is 14.9 Å². The van der Waals surface area contributed by atoms with Crippen LogP contribution in [0.4, 0.5) is 5.69 Å². The molecule has 1 aromatic carbocycles. The zero-order valence-corrected chi connectivity index (χ0v) is 13.6. The summed E-state index contributed by atoms with van der Waals surface area (Å²) in [6, 6.07) is 4.78. The standard InChI is InChI=1S/C17H21NO5/c1-10-11(5-4-6-13(10)18(20)21)9-14(19)23-16-12-7-8-22-15(12)17(16,2)3/h4-6,12,15-16H,7-9H2,1-3H3/t12-,15-,16+/m0/s1. The summed E-state index contributed by atoms with van der Waals surface area (Å²) >= 11 is 0. The maximum absolute atomic E-state index is 12.3. The topological polar surface area (TPSA) is 78.7 Å². The van der Waals surface area contributed by atoms with E-state index in [1.54, 1.807) is 19.1 Å². The maximum Gasteiger partial charge on any atom is 0.310 e. The first-order chi connectivity index (χ1) is 10.8. The summed E-state index contributed by atoms with van der Waals surface area (Å²) in [6.07, 6.45) is 1.00. The molecule has 0 spiro atoms. The summed E-state index contributed by atoms with van der Waals surface area (Å²) < 4.78 is 11.4. The highest BCUT2D eigenvalue weighted by Crippen LogP contribution is 2.53. The summed E-state index contributed by atoms with van der Waals surface area (Å²) in [7, 11) is 0. The van der Waals surface area contributed by atoms with Crippen LogP contribution in [0, 0.1) is 28.4 Å². The van der Waals surface area contributed by atoms with Gasteiger partial charge in [-0.05, 0) is 18.9 Å². The third kappa shape index (κ3) is 2.61. The van der Waals surface area contributed by atoms with E-state index in [1.807, 2.05) is 0 Å². The van der Waals surface area contributed by atoms with Crippen LogP contribution in [0.1, 0.15) is 31.4 Å². The fourth-order valence-electron chi connectivity index (χ4n) is 3.92. The number of ether oxygens (including phenoxy) is 2. The highest BCUT2D eigenvalue weighted by Gasteiger charge is 2.61. The molecule has 1 aromatic rings. The molecule has 0 radical (unpaired) electrons. The third-order valence-corrected chi connectivity index (χ3v) is 5.20. The summed E-state index contributed by atoms with van der Waals surface area (Å²) in [5.74, 6) is -0.0582. The van der Waals surface area contributed by atoms with Crippen molar-refractivity contribution in [3.05, 3.63) is 39.4 Å². The molecular formula is C17H21NO5. The predicted octanol–water partition coefficient (Wildman–Crippen LogP) is 2.80. The Morgan fingerprint density at radius 2 is 2.22 bits per heavy atom. The van der Waals surface area contributed by atoms with E-state index in [0.29, 0.717) is 11.1 Å². The first-order valence-corrected chi connectivity index (χ1v) is 7.86. The molecule has 3 rings (SSSR count). The van der Waals surface area contributed by atoms with Gasteiger partial charge in [-0.1, -0.05) is 26.0 Å². The molecule has 0 bridgehead atoms. The van der Waals surface area contributed by atoms with E-state index in [4.69, 9.17) is 9.47 Å². The molecule has 23 heavy (non-hydrogen) atoms. The lowest BCUT2D eigenvalue weighted by Gasteiger charge is -2.53. The fraction of sp³-hybridized carbons (Fsp3) is 0.588. The van der Waals surface area contributed by atoms with Crippen molar-refractivity contribution in [3.8, 4) is 0 Å². The van der Waals surface area contributed by atoms with Gasteiger partial charge >= 0.3 is 5.97 Å². The van der Waals surface area contributed by atoms with Crippen molar-refractivity contribution in [1.82, 2.24) is 0 Å². The van der Waals surface area contributed by atoms with Crippen LogP contribution in [0.2, 0.25) is 0 Å². The van der Waals surface area contributed by atoms with Crippen molar-refractivity contribution in [1.29, 1.82) is 0 Å². The van der Waals surface area contributed by atoms with Gasteiger partial charge in [0.05, 0.1) is 17.4 Å². The Balaban J connectivity index is 1.69. The smallest absolute Gasteiger partial charge is 0.310 e. The van der Waals surface area contributed by atoms with Crippen LogP contribution in [0.15, 0.2) is 18.2 Å². The number of nitro benzene ring substituents is 1. The summed E-state index contributed by atoms with van der Waals surface area (Å²) in [5.41, 5.74) is 1.02. The number of nitro groups is 1. The Kier molecular flexibility index (Phi) is 3.88. The monoisotopic (exact) mass is 319 g/mol. The van der Waals surface area contributed by atoms with Gasteiger partial charge in [0.1, 0.15) is 6.10 Å². The SMILES string of the molecule is Cc1c(CC(=O)O[C@@H]2[C@H]3CCO[C@@H]3C2(C)C)cccc1[N+](=O)[O-]. The number of carbonyl (C=O) groups is 1. The second-order valence-corrected chi connectivity index (χ2v) is 6.97. The Morgan fingerprint density at radius 3 is 2.91 bits per heavy atom. The van der Waals surface area contributed by atoms with Crippen molar-refractivity contribution in [2.45, 2.75) is 45.8 Å². The highest BCUT2D eigenvalue weighted by molar-refractivity contribution is 5.74. The second kappa shape index (κ2) is 5.60. The van der Waals surface area contributed by atoms with E-state index in [1.165, 1.54) is 6.07 Å². The average Bonchev–Trinajstić information content (AvgIpc) is 2.94. The number of nitrogens with zero attached hydrogens (tertiary/aromatic N) is 1. The largest absolute Gasteiger partial charge is 0.461 e. The van der Waals surface area contributed by atoms with Gasteiger partial charge in [-0.3, -0.25) is 14.9 Å². The lowest BCUT2D eigenvalue weighted by molar-refractivity contribution is -0.385. The molecule has 124 valence electrons. The maximum atomic E-state index is 12.3. The van der Waals surface area contributed by atoms with E-state index < -0.39 is 4.92 Å². The number of hydrogen-bond acceptors (Lipinski definition) is 5. The van der Waals surface area contributed by atoms with Gasteiger partial charge < -0.3 is 9.47 Å². The molecule has 6 nitrogen and oxygen atoms in total. The molecule has 2 aliphatic rings. The van der Waals surface area contributed by atoms with Crippen molar-refractivity contribution >= 4 is 11.7 Å². The van der Waals surface area contributed by atoms with Gasteiger partial charge in [0.2, 0.25) is 0 Å². The first kappa shape index (κ1) is 15.9. The molecule has 1 aliphatic heterocycles. The molecule has 3 atom stereocenters. The fourth-order valence-corrected chi connectivity index (χ4v) is 3.92. The number of benzene rings is 1. The molecule has 1 aliphatic carbocycles. The number of hydrogen-bond donors (Lipinski definition) is 0. The Labute approximate surface area is 134 Å². The zero-order valence-electron chi connectivity index (χ0n) is 13.6. The summed E-state index contributed by atoms with van der Waals surface area (Å²) in [5, 5.41) is 11.0. The van der Waals surface area contributed by atoms with Crippen LogP contribution in [0.5, 0.6) is 0 Å². The lowest BCUT2D eigenvalue weighted by atomic mass is 9.59. The van der Waals surface area contributed by atoms with E-state index >= 15 is 0 Å². The quantitative estimate of drug-likeness (QED) is 0.484. The van der Waals surface area contributed by atoms with Gasteiger partial charge in [0, 0.05) is 29.6 Å². The molecule has 0 aromatic heterocycles. The van der Waals surface area contributed by atoms with E-state index in [0.717, 1.165) is 13.0 Å². The van der Waals surface area contributed by atoms with Crippen molar-refractivity contribution in [3.63, 3.8) is 0 Å². The normalized spacial score (nSPS) is 27.9. The number of esters is 1. The Bertz CT molecular complexity index is 654. The summed E-state index contributed by atoms with van der Waals surface area (Å²) in [4.78, 5) is 22.8. The van der Waals surface area contributed by atoms with Gasteiger partial charge in [0.25, 0.3) is 5.69 Å². The predicted molar refractivity (Wildman–Crippen MR) is 83.0 cm³/mol. The number of fused-ring (bicyclic) bond motifs is 1. The first-order valence-electron chi connectivity index (χ1n) is 7.86. The van der Waals surface area contributed by atoms with Crippen LogP contribution in [-0.2, 0) is 20.7 Å². The van der Waals surface area contributed by atoms with Crippen LogP contribution >= 0.6 is 0 Å². The molecule has 2 fully saturated rings. The molecule has 0 unspecified atom stereocenters. The molecule has 1 saturated heterocycles. The Hall–Kier alpha value is -1.95. The molecular weight excluding hydrogens is 298 g/mol. The molecule has 0 amide bonds. The zero-order chi connectivity index (χ0) is 16.8. The van der Waals surface area contributed by atoms with Gasteiger partial charge in [-0.15, -0.1) is 0 Å². The van der Waals surface area contributed by atoms with Crippen LogP contribution in [0.25, 0.3) is 0 Å². The molecule has 6 heteroatoms. The van der Waals surface area contributed by atoms with E-state index in [2.05, 4.69) is 13.8 Å². The Morgan fingerprint density at radius 1 is 1.48 bits per heavy atom. The molecule has 1 heterocycles. The minimum atomic E-state index is -0.431. The van der Waals surface area contributed by atoms with Crippen molar-refractivity contribution in [2.24, 2.45) is 11.3 Å². The minimum absolute atomic E-state index is 0.0310. The molecule has 0 N–H and O–H groups in total. The van der Waals surface area contributed by atoms with Gasteiger partial charge in [-0.2, -0.15) is 0 Å². The number of carbonyl (C=O) groups excluding carboxylic acids is 1. The van der Waals surface area contributed by atoms with Crippen LogP contribution in [0.3, 0.4) is 0 Å². The summed E-state index contributed by atoms with van der Waals surface area (Å²) in [6.45, 7) is 6.48. The van der Waals surface area contributed by atoms with Gasteiger partial charge in [0.15, 0.2) is 0 Å². The van der Waals surface area contributed by atoms with Crippen molar-refractivity contribution in [2.75, 3.05) is 6.61 Å².